The molecular formula is C131H78N6S4. The largest absolute Gasteiger partial charge is 0.292 e. The molecule has 0 radical (unpaired) electrons. The lowest BCUT2D eigenvalue weighted by Crippen LogP contribution is -1.99. The van der Waals surface area contributed by atoms with E-state index >= 15 is 0 Å². The first-order valence-corrected chi connectivity index (χ1v) is 51.1. The summed E-state index contributed by atoms with van der Waals surface area (Å²) in [5.41, 5.74) is 20.5. The molecule has 0 fully saturated rings. The van der Waals surface area contributed by atoms with Gasteiger partial charge in [0.05, 0.1) is 33.1 Å². The topological polar surface area (TPSA) is 53.5 Å². The normalized spacial score (nSPS) is 12.0. The number of benzene rings is 24. The van der Waals surface area contributed by atoms with Crippen molar-refractivity contribution in [2.75, 3.05) is 0 Å². The van der Waals surface area contributed by atoms with E-state index in [2.05, 4.69) is 487 Å². The molecule has 0 atom stereocenters. The summed E-state index contributed by atoms with van der Waals surface area (Å²) in [4.78, 5) is 16.6. The molecule has 24 aromatic carbocycles. The van der Waals surface area contributed by atoms with Crippen LogP contribution in [0.1, 0.15) is 0 Å². The van der Waals surface area contributed by atoms with Crippen LogP contribution in [0.4, 0.5) is 0 Å². The van der Waals surface area contributed by atoms with Gasteiger partial charge in [-0.25, -0.2) is 15.0 Å². The van der Waals surface area contributed by atoms with Gasteiger partial charge in [-0.05, 0) is 172 Å². The lowest BCUT2D eigenvalue weighted by atomic mass is 9.99. The quantitative estimate of drug-likeness (QED) is 0.135. The maximum Gasteiger partial charge on any atom is 0.146 e. The highest BCUT2D eigenvalue weighted by Crippen LogP contribution is 2.50. The molecule has 0 aliphatic carbocycles. The Morgan fingerprint density at radius 2 is 0.426 bits per heavy atom. The third-order valence-corrected chi connectivity index (χ3v) is 33.5. The molecule has 0 saturated carbocycles. The molecule has 0 spiro atoms. The van der Waals surface area contributed by atoms with E-state index in [4.69, 9.17) is 15.0 Å². The van der Waals surface area contributed by atoms with Crippen molar-refractivity contribution in [1.29, 1.82) is 0 Å². The molecule has 31 aromatic rings. The molecule has 6 nitrogen and oxygen atoms in total. The van der Waals surface area contributed by atoms with E-state index in [0.29, 0.717) is 0 Å². The number of hydrogen-bond acceptors (Lipinski definition) is 7. The van der Waals surface area contributed by atoms with Crippen molar-refractivity contribution in [1.82, 2.24) is 28.7 Å². The zero-order chi connectivity index (χ0) is 92.4. The van der Waals surface area contributed by atoms with Gasteiger partial charge < -0.3 is 0 Å². The number of imidazole rings is 3. The first-order chi connectivity index (χ1) is 69.9. The van der Waals surface area contributed by atoms with Gasteiger partial charge in [0, 0.05) is 147 Å². The predicted octanol–water partition coefficient (Wildman–Crippen LogP) is 37.8. The third-order valence-electron chi connectivity index (χ3n) is 28.7. The maximum atomic E-state index is 5.56. The molecule has 0 saturated heterocycles. The second-order valence-corrected chi connectivity index (χ2v) is 40.8. The molecule has 0 unspecified atom stereocenters. The van der Waals surface area contributed by atoms with E-state index in [9.17, 15) is 0 Å². The van der Waals surface area contributed by atoms with E-state index in [1.54, 1.807) is 0 Å². The monoisotopic (exact) mass is 1860 g/mol. The summed E-state index contributed by atoms with van der Waals surface area (Å²) >= 11 is 7.48. The Labute approximate surface area is 825 Å². The van der Waals surface area contributed by atoms with E-state index in [1.807, 2.05) is 45.3 Å². The summed E-state index contributed by atoms with van der Waals surface area (Å²) in [6.07, 6.45) is 0. The van der Waals surface area contributed by atoms with E-state index in [1.165, 1.54) is 200 Å². The van der Waals surface area contributed by atoms with Crippen LogP contribution in [0.3, 0.4) is 0 Å². The first kappa shape index (κ1) is 80.9. The molecule has 141 heavy (non-hydrogen) atoms. The van der Waals surface area contributed by atoms with Crippen LogP contribution in [-0.2, 0) is 0 Å². The first-order valence-electron chi connectivity index (χ1n) is 47.8. The van der Waals surface area contributed by atoms with Crippen molar-refractivity contribution >= 4 is 245 Å². The number of aromatic nitrogens is 6. The molecule has 0 aliphatic heterocycles. The molecule has 10 heteroatoms. The molecule has 656 valence electrons. The Kier molecular flexibility index (Phi) is 18.7. The third kappa shape index (κ3) is 13.0. The number of thiophene rings is 4. The fourth-order valence-electron chi connectivity index (χ4n) is 22.4. The average molecular weight is 1860 g/mol. The molecule has 0 aliphatic rings. The van der Waals surface area contributed by atoms with Crippen LogP contribution in [0.25, 0.3) is 285 Å². The van der Waals surface area contributed by atoms with Gasteiger partial charge in [0.2, 0.25) is 0 Å². The van der Waals surface area contributed by atoms with Gasteiger partial charge in [-0.15, -0.1) is 45.3 Å². The van der Waals surface area contributed by atoms with Crippen molar-refractivity contribution in [2.45, 2.75) is 0 Å². The minimum Gasteiger partial charge on any atom is -0.292 e. The van der Waals surface area contributed by atoms with Crippen molar-refractivity contribution in [2.24, 2.45) is 0 Å². The van der Waals surface area contributed by atoms with E-state index < -0.39 is 0 Å². The van der Waals surface area contributed by atoms with Crippen LogP contribution in [0, 0.1) is 0 Å². The van der Waals surface area contributed by atoms with Crippen LogP contribution in [-0.4, -0.2) is 28.7 Å². The zero-order valence-corrected chi connectivity index (χ0v) is 79.1. The van der Waals surface area contributed by atoms with E-state index in [-0.39, 0.29) is 0 Å². The molecule has 7 aromatic heterocycles. The molecule has 7 heterocycles. The highest BCUT2D eigenvalue weighted by molar-refractivity contribution is 7.27. The molecule has 31 rings (SSSR count). The summed E-state index contributed by atoms with van der Waals surface area (Å²) in [5.74, 6) is 2.84. The number of nitrogens with zero attached hydrogens (tertiary/aromatic N) is 6. The second-order valence-electron chi connectivity index (χ2n) is 36.6. The number of rotatable bonds is 9. The highest BCUT2D eigenvalue weighted by Gasteiger charge is 2.28. The fraction of sp³-hybridized carbons (Fsp3) is 0. The van der Waals surface area contributed by atoms with Crippen LogP contribution >= 0.6 is 45.3 Å². The molecular weight excluding hydrogens is 1790 g/mol. The maximum absolute atomic E-state index is 5.56. The van der Waals surface area contributed by atoms with Crippen LogP contribution in [0.2, 0.25) is 0 Å². The van der Waals surface area contributed by atoms with Gasteiger partial charge in [0.1, 0.15) is 17.5 Å². The molecule has 0 bridgehead atoms. The highest BCUT2D eigenvalue weighted by atomic mass is 32.1. The second kappa shape index (κ2) is 32.7. The van der Waals surface area contributed by atoms with Crippen LogP contribution < -0.4 is 0 Å². The number of hydrogen-bond donors (Lipinski definition) is 0. The lowest BCUT2D eigenvalue weighted by Gasteiger charge is -2.15. The predicted molar refractivity (Wildman–Crippen MR) is 607 cm³/mol. The Morgan fingerprint density at radius 3 is 0.851 bits per heavy atom. The van der Waals surface area contributed by atoms with Crippen LogP contribution in [0.5, 0.6) is 0 Å². The molecule has 0 amide bonds. The van der Waals surface area contributed by atoms with Crippen molar-refractivity contribution in [3.63, 3.8) is 0 Å². The standard InChI is InChI=1S/C45H26N2S2.2C43H26N2S/c1-3-17-35-31(13-1)32-14-2-4-18-36(32)43-42(35)46-45(28-23-24-41-38(26-28)34-16-6-7-21-39(34)48-41)47(43)29-12-9-11-27(25-29)30-19-10-20-37-33-15-5-8-22-40(33)49-44(30)37;1-2-16-30-27(12-1)13-10-24-38(30)43-44-40-35-20-5-3-17-32(35)33-18-4-6-21-36(33)41(40)45(43)29-15-9-14-28(26-29)31-22-11-23-37-34-19-7-8-25-39(34)46-42(31)37;1-2-12-28-25-30(24-23-27(28)11-1)43-44-40-36-18-5-3-15-33(36)34-16-4-6-19-37(34)41(40)45(43)31-14-9-13-29(26-31)32-20-10-21-38-35-17-7-8-22-39(35)46-42(32)38/h1-26H;2*1-26H. The Bertz CT molecular complexity index is 10700. The van der Waals surface area contributed by atoms with Gasteiger partial charge in [-0.3, -0.25) is 13.7 Å². The van der Waals surface area contributed by atoms with Crippen molar-refractivity contribution < 1.29 is 0 Å². The lowest BCUT2D eigenvalue weighted by molar-refractivity contribution is 1.11. The molecule has 0 N–H and O–H groups in total. The summed E-state index contributed by atoms with van der Waals surface area (Å²) in [7, 11) is 0. The Hall–Kier alpha value is -17.4. The van der Waals surface area contributed by atoms with E-state index in [0.717, 1.165) is 84.3 Å². The zero-order valence-electron chi connectivity index (χ0n) is 75.8. The summed E-state index contributed by atoms with van der Waals surface area (Å²) in [5, 5.41) is 29.8. The van der Waals surface area contributed by atoms with Crippen LogP contribution in [0.15, 0.2) is 473 Å². The summed E-state index contributed by atoms with van der Waals surface area (Å²) in [6, 6.07) is 172. The number of fused-ring (bicyclic) bond motifs is 32. The van der Waals surface area contributed by atoms with Gasteiger partial charge in [0.15, 0.2) is 0 Å². The summed E-state index contributed by atoms with van der Waals surface area (Å²) < 4.78 is 17.7. The smallest absolute Gasteiger partial charge is 0.146 e. The Balaban J connectivity index is 0.000000101. The minimum absolute atomic E-state index is 0.944. The van der Waals surface area contributed by atoms with Gasteiger partial charge in [-0.2, -0.15) is 0 Å². The average Bonchev–Trinajstić information content (AvgIpc) is 1.56. The van der Waals surface area contributed by atoms with Crippen molar-refractivity contribution in [3.8, 4) is 84.6 Å². The van der Waals surface area contributed by atoms with Gasteiger partial charge >= 0.3 is 0 Å². The van der Waals surface area contributed by atoms with Gasteiger partial charge in [0.25, 0.3) is 0 Å². The van der Waals surface area contributed by atoms with Gasteiger partial charge in [-0.1, -0.05) is 388 Å². The van der Waals surface area contributed by atoms with Crippen molar-refractivity contribution in [3.05, 3.63) is 473 Å². The fourth-order valence-corrected chi connectivity index (χ4v) is 27.2. The Morgan fingerprint density at radius 1 is 0.149 bits per heavy atom. The summed E-state index contributed by atoms with van der Waals surface area (Å²) in [6.45, 7) is 0. The SMILES string of the molecule is c1cc(-c2cccc3c2sc2ccccc23)cc(-n2c(-c3ccc4ccccc4c3)nc3c4ccccc4c4ccccc4c32)c1.c1cc(-c2cccc3c2sc2ccccc23)cc(-n2c(-c3ccc4sc5ccccc5c4c3)nc3c4ccccc4c4ccccc4c32)c1.c1cc(-c2cccc3c2sc2ccccc23)cc(-n2c(-c3cccc4ccccc34)nc3c4ccccc4c4ccccc4c32)c1. The minimum atomic E-state index is 0.944.